The van der Waals surface area contributed by atoms with Gasteiger partial charge in [0.05, 0.1) is 0 Å². The summed E-state index contributed by atoms with van der Waals surface area (Å²) in [6.45, 7) is 16.6. The van der Waals surface area contributed by atoms with Crippen LogP contribution in [0.25, 0.3) is 0 Å². The molecule has 0 N–H and O–H groups in total. The van der Waals surface area contributed by atoms with Crippen molar-refractivity contribution < 1.29 is 0 Å². The molecule has 1 aromatic carbocycles. The molecular weight excluding hydrogens is 280 g/mol. The fourth-order valence-corrected chi connectivity index (χ4v) is 6.24. The average molecular weight is 309 g/mol. The second-order valence-electron chi connectivity index (χ2n) is 7.01. The molecule has 3 unspecified atom stereocenters. The van der Waals surface area contributed by atoms with Gasteiger partial charge in [0.1, 0.15) is 0 Å². The molecule has 0 saturated carbocycles. The van der Waals surface area contributed by atoms with E-state index >= 15 is 0 Å². The van der Waals surface area contributed by atoms with Crippen LogP contribution in [0.2, 0.25) is 0 Å². The fourth-order valence-electron chi connectivity index (χ4n) is 3.05. The number of benzene rings is 1. The van der Waals surface area contributed by atoms with Crippen molar-refractivity contribution in [2.24, 2.45) is 17.8 Å². The van der Waals surface area contributed by atoms with Crippen molar-refractivity contribution in [3.8, 4) is 0 Å². The Morgan fingerprint density at radius 1 is 1.10 bits per heavy atom. The number of thioether (sulfide) groups is 2. The van der Waals surface area contributed by atoms with E-state index in [0.29, 0.717) is 27.8 Å². The highest BCUT2D eigenvalue weighted by Gasteiger charge is 2.43. The molecule has 1 aromatic rings. The Labute approximate surface area is 133 Å². The fraction of sp³-hybridized carbons (Fsp3) is 0.667. The van der Waals surface area contributed by atoms with Gasteiger partial charge in [0, 0.05) is 19.8 Å². The molecule has 3 atom stereocenters. The van der Waals surface area contributed by atoms with Gasteiger partial charge in [-0.05, 0) is 49.3 Å². The van der Waals surface area contributed by atoms with E-state index in [0.717, 1.165) is 0 Å². The van der Waals surface area contributed by atoms with Gasteiger partial charge in [0.15, 0.2) is 0 Å². The maximum Gasteiger partial charge on any atom is 0.0238 e. The summed E-state index contributed by atoms with van der Waals surface area (Å²) in [7, 11) is 0. The summed E-state index contributed by atoms with van der Waals surface area (Å²) in [5.41, 5.74) is 1.38. The van der Waals surface area contributed by atoms with Crippen LogP contribution in [0.15, 0.2) is 28.0 Å². The maximum absolute atomic E-state index is 2.47. The number of rotatable bonds is 2. The van der Waals surface area contributed by atoms with Gasteiger partial charge < -0.3 is 0 Å². The van der Waals surface area contributed by atoms with E-state index in [1.165, 1.54) is 15.4 Å². The molecule has 0 aromatic heterocycles. The van der Waals surface area contributed by atoms with Crippen LogP contribution in [0.4, 0.5) is 0 Å². The molecule has 0 nitrogen and oxygen atoms in total. The van der Waals surface area contributed by atoms with Crippen molar-refractivity contribution in [3.05, 3.63) is 23.8 Å². The molecule has 1 aliphatic rings. The molecule has 0 radical (unpaired) electrons. The van der Waals surface area contributed by atoms with Crippen LogP contribution in [0.5, 0.6) is 0 Å². The Bertz CT molecular complexity index is 478. The van der Waals surface area contributed by atoms with Crippen molar-refractivity contribution in [2.45, 2.75) is 68.3 Å². The van der Waals surface area contributed by atoms with Crippen LogP contribution in [0.3, 0.4) is 0 Å². The topological polar surface area (TPSA) is 0 Å². The van der Waals surface area contributed by atoms with Crippen LogP contribution < -0.4 is 0 Å². The van der Waals surface area contributed by atoms with Gasteiger partial charge in [-0.3, -0.25) is 0 Å². The largest absolute Gasteiger partial charge is 0.121 e. The van der Waals surface area contributed by atoms with Gasteiger partial charge in [0.2, 0.25) is 0 Å². The summed E-state index contributed by atoms with van der Waals surface area (Å²) in [6.07, 6.45) is 0. The van der Waals surface area contributed by atoms with Crippen molar-refractivity contribution in [1.29, 1.82) is 0 Å². The Balaban J connectivity index is 2.52. The van der Waals surface area contributed by atoms with E-state index in [1.807, 2.05) is 0 Å². The Morgan fingerprint density at radius 3 is 2.30 bits per heavy atom. The zero-order valence-corrected chi connectivity index (χ0v) is 15.5. The Morgan fingerprint density at radius 2 is 1.75 bits per heavy atom. The smallest absolute Gasteiger partial charge is 0.0238 e. The summed E-state index contributed by atoms with van der Waals surface area (Å²) in [5, 5.41) is 0.693. The average Bonchev–Trinajstić information content (AvgIpc) is 2.47. The van der Waals surface area contributed by atoms with Crippen LogP contribution >= 0.6 is 23.5 Å². The molecule has 2 rings (SSSR count). The first-order chi connectivity index (χ1) is 9.25. The molecule has 0 fully saturated rings. The summed E-state index contributed by atoms with van der Waals surface area (Å²) < 4.78 is 0.308. The molecule has 0 saturated heterocycles. The van der Waals surface area contributed by atoms with Gasteiger partial charge in [0.25, 0.3) is 0 Å². The van der Waals surface area contributed by atoms with Crippen molar-refractivity contribution in [2.75, 3.05) is 0 Å². The third kappa shape index (κ3) is 2.92. The van der Waals surface area contributed by atoms with E-state index in [9.17, 15) is 0 Å². The standard InChI is InChI=1S/C18H28S2/c1-11(2)17-14(6)18(7,12(3)4)20-15-9-8-13(5)10-16(15)19-17/h8-12,14,17H,1-7H3. The van der Waals surface area contributed by atoms with E-state index in [-0.39, 0.29) is 0 Å². The number of fused-ring (bicyclic) bond motifs is 1. The van der Waals surface area contributed by atoms with E-state index in [1.54, 1.807) is 0 Å². The highest BCUT2D eigenvalue weighted by Crippen LogP contribution is 2.55. The highest BCUT2D eigenvalue weighted by atomic mass is 32.2. The summed E-state index contributed by atoms with van der Waals surface area (Å²) in [4.78, 5) is 2.97. The number of hydrogen-bond donors (Lipinski definition) is 0. The van der Waals surface area contributed by atoms with Crippen LogP contribution in [0.1, 0.15) is 47.1 Å². The van der Waals surface area contributed by atoms with Gasteiger partial charge in [-0.1, -0.05) is 40.7 Å². The lowest BCUT2D eigenvalue weighted by Gasteiger charge is -2.41. The first kappa shape index (κ1) is 16.3. The molecular formula is C18H28S2. The lowest BCUT2D eigenvalue weighted by Crippen LogP contribution is -2.41. The van der Waals surface area contributed by atoms with E-state index in [2.05, 4.69) is 90.2 Å². The van der Waals surface area contributed by atoms with Crippen molar-refractivity contribution in [3.63, 3.8) is 0 Å². The predicted octanol–water partition coefficient (Wildman–Crippen LogP) is 6.27. The lowest BCUT2D eigenvalue weighted by molar-refractivity contribution is 0.305. The minimum atomic E-state index is 0.308. The third-order valence-electron chi connectivity index (χ3n) is 4.89. The molecule has 20 heavy (non-hydrogen) atoms. The van der Waals surface area contributed by atoms with Crippen LogP contribution in [-0.2, 0) is 0 Å². The van der Waals surface area contributed by atoms with Crippen LogP contribution in [-0.4, -0.2) is 10.00 Å². The zero-order chi connectivity index (χ0) is 15.1. The molecule has 0 bridgehead atoms. The molecule has 1 heterocycles. The quantitative estimate of drug-likeness (QED) is 0.631. The van der Waals surface area contributed by atoms with Gasteiger partial charge >= 0.3 is 0 Å². The highest BCUT2D eigenvalue weighted by molar-refractivity contribution is 8.04. The van der Waals surface area contributed by atoms with Gasteiger partial charge in [-0.15, -0.1) is 23.5 Å². The second kappa shape index (κ2) is 5.96. The van der Waals surface area contributed by atoms with Crippen LogP contribution in [0, 0.1) is 24.7 Å². The van der Waals surface area contributed by atoms with Gasteiger partial charge in [-0.25, -0.2) is 0 Å². The third-order valence-corrected chi connectivity index (χ3v) is 8.70. The molecule has 1 aliphatic heterocycles. The second-order valence-corrected chi connectivity index (χ2v) is 9.75. The first-order valence-electron chi connectivity index (χ1n) is 7.72. The van der Waals surface area contributed by atoms with E-state index in [4.69, 9.17) is 0 Å². The normalized spacial score (nSPS) is 30.4. The van der Waals surface area contributed by atoms with E-state index < -0.39 is 0 Å². The molecule has 112 valence electrons. The molecule has 2 heteroatoms. The zero-order valence-electron chi connectivity index (χ0n) is 13.9. The number of aryl methyl sites for hydroxylation is 1. The Hall–Kier alpha value is -0.0800. The summed E-state index contributed by atoms with van der Waals surface area (Å²) >= 11 is 4.21. The molecule has 0 aliphatic carbocycles. The molecule has 0 spiro atoms. The minimum Gasteiger partial charge on any atom is -0.121 e. The number of hydrogen-bond acceptors (Lipinski definition) is 2. The maximum atomic E-state index is 2.47. The SMILES string of the molecule is Cc1ccc2c(c1)SC(C(C)C)C(C)C(C)(C(C)C)S2. The summed E-state index contributed by atoms with van der Waals surface area (Å²) in [6, 6.07) is 6.97. The Kier molecular flexibility index (Phi) is 4.86. The molecule has 0 amide bonds. The monoisotopic (exact) mass is 308 g/mol. The minimum absolute atomic E-state index is 0.308. The first-order valence-corrected chi connectivity index (χ1v) is 9.41. The predicted molar refractivity (Wildman–Crippen MR) is 93.9 cm³/mol. The lowest BCUT2D eigenvalue weighted by atomic mass is 9.80. The van der Waals surface area contributed by atoms with Crippen molar-refractivity contribution >= 4 is 23.5 Å². The summed E-state index contributed by atoms with van der Waals surface area (Å²) in [5.74, 6) is 2.09. The van der Waals surface area contributed by atoms with Crippen molar-refractivity contribution in [1.82, 2.24) is 0 Å². The van der Waals surface area contributed by atoms with Gasteiger partial charge in [-0.2, -0.15) is 0 Å².